The molecule has 1 aliphatic rings. The van der Waals surface area contributed by atoms with E-state index in [0.29, 0.717) is 12.5 Å². The van der Waals surface area contributed by atoms with E-state index in [1.165, 1.54) is 0 Å². The Hall–Kier alpha value is -1.94. The maximum absolute atomic E-state index is 5.70. The molecule has 1 atom stereocenters. The van der Waals surface area contributed by atoms with Crippen molar-refractivity contribution in [3.05, 3.63) is 54.5 Å². The molecule has 0 saturated heterocycles. The minimum Gasteiger partial charge on any atom is -0.330 e. The number of nitrogens with one attached hydrogen (secondary N) is 1. The molecule has 0 fully saturated rings. The fourth-order valence-corrected chi connectivity index (χ4v) is 1.60. The lowest BCUT2D eigenvalue weighted by Crippen LogP contribution is -2.11. The van der Waals surface area contributed by atoms with Gasteiger partial charge in [0.05, 0.1) is 5.71 Å². The summed E-state index contributed by atoms with van der Waals surface area (Å²) in [6, 6.07) is 3.87. The maximum Gasteiger partial charge on any atom is 0.0903 e. The molecule has 4 nitrogen and oxygen atoms in total. The minimum atomic E-state index is 0.359. The highest BCUT2D eigenvalue weighted by Gasteiger charge is 2.04. The van der Waals surface area contributed by atoms with Gasteiger partial charge in [-0.3, -0.25) is 10.4 Å². The summed E-state index contributed by atoms with van der Waals surface area (Å²) in [5.41, 5.74) is 10.5. The molecule has 1 unspecified atom stereocenters. The summed E-state index contributed by atoms with van der Waals surface area (Å²) in [7, 11) is 0. The Kier molecular flexibility index (Phi) is 4.05. The van der Waals surface area contributed by atoms with Crippen molar-refractivity contribution < 1.29 is 0 Å². The van der Waals surface area contributed by atoms with E-state index in [-0.39, 0.29) is 0 Å². The van der Waals surface area contributed by atoms with Gasteiger partial charge in [0, 0.05) is 24.2 Å². The third-order valence-electron chi connectivity index (χ3n) is 2.62. The van der Waals surface area contributed by atoms with Gasteiger partial charge in [0.15, 0.2) is 0 Å². The van der Waals surface area contributed by atoms with Crippen LogP contribution in [0.4, 0.5) is 0 Å². The van der Waals surface area contributed by atoms with Crippen LogP contribution in [0.15, 0.2) is 54.1 Å². The van der Waals surface area contributed by atoms with Crippen LogP contribution >= 0.6 is 0 Å². The number of aromatic nitrogens is 1. The lowest BCUT2D eigenvalue weighted by molar-refractivity contribution is 0.674. The standard InChI is InChI=1S/C13H16N4/c14-10-11-2-1-7-16-17-13(4-3-11)12-5-8-15-9-6-12/h1,3-9,11,16H,2,10,14H2/b4-3+,7-1+,17-13+. The Labute approximate surface area is 101 Å². The van der Waals surface area contributed by atoms with Crippen molar-refractivity contribution in [1.29, 1.82) is 0 Å². The first-order valence-electron chi connectivity index (χ1n) is 5.67. The number of hydrogen-bond donors (Lipinski definition) is 2. The fraction of sp³-hybridized carbons (Fsp3) is 0.231. The highest BCUT2D eigenvalue weighted by molar-refractivity contribution is 6.08. The van der Waals surface area contributed by atoms with Gasteiger partial charge < -0.3 is 5.73 Å². The van der Waals surface area contributed by atoms with Crippen LogP contribution in [0.5, 0.6) is 0 Å². The van der Waals surface area contributed by atoms with E-state index < -0.39 is 0 Å². The second kappa shape index (κ2) is 5.96. The molecule has 1 aromatic heterocycles. The summed E-state index contributed by atoms with van der Waals surface area (Å²) in [6.45, 7) is 0.643. The molecule has 0 aliphatic carbocycles. The number of nitrogens with two attached hydrogens (primary N) is 1. The van der Waals surface area contributed by atoms with Crippen LogP contribution in [-0.4, -0.2) is 17.2 Å². The predicted octanol–water partition coefficient (Wildman–Crippen LogP) is 1.42. The molecule has 3 N–H and O–H groups in total. The third-order valence-corrected chi connectivity index (χ3v) is 2.62. The van der Waals surface area contributed by atoms with Crippen molar-refractivity contribution in [3.8, 4) is 0 Å². The minimum absolute atomic E-state index is 0.359. The molecular weight excluding hydrogens is 212 g/mol. The molecule has 0 amide bonds. The zero-order valence-corrected chi connectivity index (χ0v) is 9.58. The molecule has 0 aromatic carbocycles. The number of pyridine rings is 1. The zero-order chi connectivity index (χ0) is 11.9. The SMILES string of the molecule is NCC1/C=C/C(c2ccncc2)=N\N/C=C/C1. The molecular formula is C13H16N4. The normalized spacial score (nSPS) is 26.6. The smallest absolute Gasteiger partial charge is 0.0903 e. The average Bonchev–Trinajstić information content (AvgIpc) is 2.51. The van der Waals surface area contributed by atoms with Crippen LogP contribution in [0.25, 0.3) is 0 Å². The highest BCUT2D eigenvalue weighted by atomic mass is 15.3. The van der Waals surface area contributed by atoms with E-state index >= 15 is 0 Å². The number of allylic oxidation sites excluding steroid dienone is 2. The van der Waals surface area contributed by atoms with Crippen LogP contribution in [0.1, 0.15) is 12.0 Å². The zero-order valence-electron chi connectivity index (χ0n) is 9.58. The van der Waals surface area contributed by atoms with Crippen LogP contribution in [0, 0.1) is 5.92 Å². The van der Waals surface area contributed by atoms with E-state index in [1.54, 1.807) is 12.4 Å². The first-order valence-corrected chi connectivity index (χ1v) is 5.67. The van der Waals surface area contributed by atoms with Gasteiger partial charge in [-0.15, -0.1) is 0 Å². The second-order valence-corrected chi connectivity index (χ2v) is 3.86. The summed E-state index contributed by atoms with van der Waals surface area (Å²) in [5, 5.41) is 4.31. The van der Waals surface area contributed by atoms with Crippen molar-refractivity contribution in [2.45, 2.75) is 6.42 Å². The van der Waals surface area contributed by atoms with Crippen LogP contribution in [-0.2, 0) is 0 Å². The van der Waals surface area contributed by atoms with Gasteiger partial charge >= 0.3 is 0 Å². The van der Waals surface area contributed by atoms with Gasteiger partial charge in [0.2, 0.25) is 0 Å². The third kappa shape index (κ3) is 3.26. The van der Waals surface area contributed by atoms with E-state index in [1.807, 2.05) is 30.5 Å². The molecule has 1 aromatic rings. The maximum atomic E-state index is 5.70. The van der Waals surface area contributed by atoms with Gasteiger partial charge in [-0.2, -0.15) is 5.10 Å². The van der Waals surface area contributed by atoms with E-state index in [4.69, 9.17) is 5.73 Å². The Bertz CT molecular complexity index is 434. The molecule has 1 aliphatic heterocycles. The van der Waals surface area contributed by atoms with Crippen LogP contribution in [0.3, 0.4) is 0 Å². The first kappa shape index (κ1) is 11.5. The molecule has 0 saturated carbocycles. The van der Waals surface area contributed by atoms with Crippen molar-refractivity contribution >= 4 is 5.71 Å². The lowest BCUT2D eigenvalue weighted by Gasteiger charge is -2.05. The Balaban J connectivity index is 2.25. The molecule has 0 bridgehead atoms. The molecule has 0 spiro atoms. The average molecular weight is 228 g/mol. The molecule has 2 heterocycles. The summed E-state index contributed by atoms with van der Waals surface area (Å²) >= 11 is 0. The monoisotopic (exact) mass is 228 g/mol. The molecule has 4 heteroatoms. The molecule has 0 radical (unpaired) electrons. The summed E-state index contributed by atoms with van der Waals surface area (Å²) in [6.07, 6.45) is 12.4. The molecule has 2 rings (SSSR count). The number of hydrazone groups is 1. The molecule has 88 valence electrons. The van der Waals surface area contributed by atoms with Crippen LogP contribution < -0.4 is 11.2 Å². The lowest BCUT2D eigenvalue weighted by atomic mass is 10.0. The first-order chi connectivity index (χ1) is 8.40. The van der Waals surface area contributed by atoms with Crippen molar-refractivity contribution in [2.24, 2.45) is 16.8 Å². The highest BCUT2D eigenvalue weighted by Crippen LogP contribution is 2.08. The number of rotatable bonds is 2. The Morgan fingerprint density at radius 1 is 1.35 bits per heavy atom. The summed E-state index contributed by atoms with van der Waals surface area (Å²) in [5.74, 6) is 0.359. The van der Waals surface area contributed by atoms with Gasteiger partial charge in [0.25, 0.3) is 0 Å². The number of nitrogens with zero attached hydrogens (tertiary/aromatic N) is 2. The van der Waals surface area contributed by atoms with E-state index in [2.05, 4.69) is 21.6 Å². The summed E-state index contributed by atoms with van der Waals surface area (Å²) in [4.78, 5) is 4.00. The van der Waals surface area contributed by atoms with Crippen molar-refractivity contribution in [1.82, 2.24) is 10.4 Å². The number of hydrogen-bond acceptors (Lipinski definition) is 4. The van der Waals surface area contributed by atoms with Crippen molar-refractivity contribution in [3.63, 3.8) is 0 Å². The van der Waals surface area contributed by atoms with E-state index in [0.717, 1.165) is 17.7 Å². The van der Waals surface area contributed by atoms with Gasteiger partial charge in [-0.05, 0) is 37.1 Å². The predicted molar refractivity (Wildman–Crippen MR) is 69.4 cm³/mol. The van der Waals surface area contributed by atoms with Crippen LogP contribution in [0.2, 0.25) is 0 Å². The molecule has 17 heavy (non-hydrogen) atoms. The topological polar surface area (TPSA) is 63.3 Å². The van der Waals surface area contributed by atoms with Gasteiger partial charge in [-0.1, -0.05) is 12.2 Å². The summed E-state index contributed by atoms with van der Waals surface area (Å²) < 4.78 is 0. The fourth-order valence-electron chi connectivity index (χ4n) is 1.60. The quantitative estimate of drug-likeness (QED) is 0.804. The Morgan fingerprint density at radius 3 is 2.94 bits per heavy atom. The van der Waals surface area contributed by atoms with Gasteiger partial charge in [0.1, 0.15) is 0 Å². The second-order valence-electron chi connectivity index (χ2n) is 3.86. The van der Waals surface area contributed by atoms with Crippen molar-refractivity contribution in [2.75, 3.05) is 6.54 Å². The van der Waals surface area contributed by atoms with E-state index in [9.17, 15) is 0 Å². The Morgan fingerprint density at radius 2 is 2.18 bits per heavy atom. The van der Waals surface area contributed by atoms with Gasteiger partial charge in [-0.25, -0.2) is 0 Å². The largest absolute Gasteiger partial charge is 0.330 e.